The Morgan fingerprint density at radius 2 is 2.21 bits per heavy atom. The van der Waals surface area contributed by atoms with Gasteiger partial charge in [0.1, 0.15) is 5.82 Å². The van der Waals surface area contributed by atoms with Gasteiger partial charge in [-0.3, -0.25) is 9.59 Å². The maximum atomic E-state index is 11.8. The molecule has 0 radical (unpaired) electrons. The van der Waals surface area contributed by atoms with Gasteiger partial charge in [-0.05, 0) is 31.4 Å². The highest BCUT2D eigenvalue weighted by molar-refractivity contribution is 6.30. The van der Waals surface area contributed by atoms with Crippen molar-refractivity contribution >= 4 is 29.3 Å². The van der Waals surface area contributed by atoms with Crippen LogP contribution in [-0.4, -0.2) is 23.0 Å². The van der Waals surface area contributed by atoms with Gasteiger partial charge in [0.25, 0.3) is 5.91 Å². The van der Waals surface area contributed by atoms with E-state index in [1.165, 1.54) is 13.1 Å². The zero-order valence-corrected chi connectivity index (χ0v) is 11.5. The van der Waals surface area contributed by atoms with E-state index in [0.717, 1.165) is 6.42 Å². The summed E-state index contributed by atoms with van der Waals surface area (Å²) in [6, 6.07) is 3.20. The van der Waals surface area contributed by atoms with Crippen molar-refractivity contribution in [3.63, 3.8) is 0 Å². The summed E-state index contributed by atoms with van der Waals surface area (Å²) < 4.78 is 5.10. The fraction of sp³-hybridized carbons (Fsp3) is 0.462. The molecule has 0 unspecified atom stereocenters. The Balaban J connectivity index is 1.85. The van der Waals surface area contributed by atoms with Gasteiger partial charge in [0.15, 0.2) is 6.10 Å². The monoisotopic (exact) mass is 282 g/mol. The van der Waals surface area contributed by atoms with E-state index >= 15 is 0 Å². The first-order valence-corrected chi connectivity index (χ1v) is 6.48. The molecule has 1 aromatic heterocycles. The van der Waals surface area contributed by atoms with E-state index in [2.05, 4.69) is 10.3 Å². The van der Waals surface area contributed by atoms with Gasteiger partial charge in [-0.15, -0.1) is 0 Å². The Morgan fingerprint density at radius 3 is 2.74 bits per heavy atom. The predicted molar refractivity (Wildman–Crippen MR) is 70.7 cm³/mol. The summed E-state index contributed by atoms with van der Waals surface area (Å²) in [5.74, 6) is -0.0302. The molecule has 1 saturated carbocycles. The van der Waals surface area contributed by atoms with Crippen molar-refractivity contribution in [3.05, 3.63) is 23.4 Å². The number of carbonyl (C=O) groups excluding carboxylic acids is 2. The molecule has 0 aliphatic heterocycles. The molecule has 1 amide bonds. The molecular weight excluding hydrogens is 268 g/mol. The topological polar surface area (TPSA) is 68.3 Å². The van der Waals surface area contributed by atoms with Crippen molar-refractivity contribution in [2.45, 2.75) is 26.4 Å². The number of nitrogens with zero attached hydrogens (tertiary/aromatic N) is 1. The van der Waals surface area contributed by atoms with Crippen LogP contribution in [0.25, 0.3) is 0 Å². The molecule has 1 heterocycles. The van der Waals surface area contributed by atoms with E-state index in [9.17, 15) is 9.59 Å². The van der Waals surface area contributed by atoms with E-state index in [1.54, 1.807) is 12.1 Å². The molecule has 0 bridgehead atoms. The summed E-state index contributed by atoms with van der Waals surface area (Å²) >= 11 is 5.69. The number of rotatable bonds is 4. The third-order valence-corrected chi connectivity index (χ3v) is 3.28. The fourth-order valence-electron chi connectivity index (χ4n) is 1.64. The molecule has 5 nitrogen and oxygen atoms in total. The van der Waals surface area contributed by atoms with Crippen LogP contribution in [0.5, 0.6) is 0 Å². The second-order valence-electron chi connectivity index (χ2n) is 4.75. The number of aromatic nitrogens is 1. The highest BCUT2D eigenvalue weighted by atomic mass is 35.5. The number of hydrogen-bond donors (Lipinski definition) is 1. The molecule has 102 valence electrons. The van der Waals surface area contributed by atoms with Crippen LogP contribution in [0.2, 0.25) is 5.02 Å². The van der Waals surface area contributed by atoms with Gasteiger partial charge < -0.3 is 10.1 Å². The molecule has 6 heteroatoms. The van der Waals surface area contributed by atoms with E-state index in [4.69, 9.17) is 16.3 Å². The van der Waals surface area contributed by atoms with Gasteiger partial charge in [0.2, 0.25) is 0 Å². The number of carbonyl (C=O) groups is 2. The number of pyridine rings is 1. The summed E-state index contributed by atoms with van der Waals surface area (Å²) in [4.78, 5) is 27.3. The SMILES string of the molecule is C[C@H](OC(=O)[C@@H]1C[C@H]1C)C(=O)Nc1ccc(Cl)cn1. The number of nitrogens with one attached hydrogen (secondary N) is 1. The van der Waals surface area contributed by atoms with Crippen LogP contribution in [0.15, 0.2) is 18.3 Å². The summed E-state index contributed by atoms with van der Waals surface area (Å²) in [6.07, 6.45) is 1.43. The lowest BCUT2D eigenvalue weighted by molar-refractivity contribution is -0.154. The summed E-state index contributed by atoms with van der Waals surface area (Å²) in [7, 11) is 0. The highest BCUT2D eigenvalue weighted by Gasteiger charge is 2.41. The first kappa shape index (κ1) is 13.8. The Labute approximate surface area is 116 Å². The molecule has 0 saturated heterocycles. The molecule has 1 N–H and O–H groups in total. The van der Waals surface area contributed by atoms with Gasteiger partial charge in [-0.2, -0.15) is 0 Å². The number of halogens is 1. The third kappa shape index (κ3) is 3.67. The molecule has 1 aliphatic rings. The molecular formula is C13H15ClN2O3. The lowest BCUT2D eigenvalue weighted by Gasteiger charge is -2.13. The summed E-state index contributed by atoms with van der Waals surface area (Å²) in [6.45, 7) is 3.52. The van der Waals surface area contributed by atoms with Crippen molar-refractivity contribution in [1.82, 2.24) is 4.98 Å². The van der Waals surface area contributed by atoms with Gasteiger partial charge in [0, 0.05) is 6.20 Å². The molecule has 1 aromatic rings. The van der Waals surface area contributed by atoms with Crippen molar-refractivity contribution in [2.24, 2.45) is 11.8 Å². The lowest BCUT2D eigenvalue weighted by Crippen LogP contribution is -2.30. The number of esters is 1. The minimum atomic E-state index is -0.835. The number of amides is 1. The van der Waals surface area contributed by atoms with Crippen molar-refractivity contribution in [3.8, 4) is 0 Å². The normalized spacial score (nSPS) is 22.5. The smallest absolute Gasteiger partial charge is 0.309 e. The molecule has 1 aliphatic carbocycles. The van der Waals surface area contributed by atoms with Gasteiger partial charge in [-0.25, -0.2) is 4.98 Å². The van der Waals surface area contributed by atoms with Crippen molar-refractivity contribution in [2.75, 3.05) is 5.32 Å². The van der Waals surface area contributed by atoms with Crippen LogP contribution < -0.4 is 5.32 Å². The predicted octanol–water partition coefficient (Wildman–Crippen LogP) is 2.26. The van der Waals surface area contributed by atoms with Crippen molar-refractivity contribution in [1.29, 1.82) is 0 Å². The summed E-state index contributed by atoms with van der Waals surface area (Å²) in [5.41, 5.74) is 0. The Morgan fingerprint density at radius 1 is 1.53 bits per heavy atom. The van der Waals surface area contributed by atoms with Crippen LogP contribution in [0.1, 0.15) is 20.3 Å². The van der Waals surface area contributed by atoms with E-state index in [1.807, 2.05) is 6.92 Å². The third-order valence-electron chi connectivity index (χ3n) is 3.05. The van der Waals surface area contributed by atoms with E-state index < -0.39 is 12.0 Å². The van der Waals surface area contributed by atoms with Crippen LogP contribution >= 0.6 is 11.6 Å². The minimum absolute atomic E-state index is 0.0519. The van der Waals surface area contributed by atoms with Crippen molar-refractivity contribution < 1.29 is 14.3 Å². The number of hydrogen-bond acceptors (Lipinski definition) is 4. The largest absolute Gasteiger partial charge is 0.452 e. The Bertz CT molecular complexity index is 489. The van der Waals surface area contributed by atoms with Gasteiger partial charge in [0.05, 0.1) is 10.9 Å². The summed E-state index contributed by atoms with van der Waals surface area (Å²) in [5, 5.41) is 3.05. The Hall–Kier alpha value is -1.62. The minimum Gasteiger partial charge on any atom is -0.452 e. The molecule has 2 rings (SSSR count). The molecule has 0 spiro atoms. The zero-order valence-electron chi connectivity index (χ0n) is 10.7. The molecule has 0 aromatic carbocycles. The first-order valence-electron chi connectivity index (χ1n) is 6.10. The van der Waals surface area contributed by atoms with Crippen LogP contribution in [-0.2, 0) is 14.3 Å². The standard InChI is InChI=1S/C13H15ClN2O3/c1-7-5-10(7)13(18)19-8(2)12(17)16-11-4-3-9(14)6-15-11/h3-4,6-8,10H,5H2,1-2H3,(H,15,16,17)/t7-,8+,10-/m1/s1. The van der Waals surface area contributed by atoms with Crippen LogP contribution in [0, 0.1) is 11.8 Å². The van der Waals surface area contributed by atoms with E-state index in [-0.39, 0.29) is 11.9 Å². The van der Waals surface area contributed by atoms with Gasteiger partial charge >= 0.3 is 5.97 Å². The van der Waals surface area contributed by atoms with E-state index in [0.29, 0.717) is 16.8 Å². The highest BCUT2D eigenvalue weighted by Crippen LogP contribution is 2.38. The quantitative estimate of drug-likeness (QED) is 0.860. The molecule has 1 fully saturated rings. The second kappa shape index (κ2) is 5.57. The van der Waals surface area contributed by atoms with Crippen LogP contribution in [0.3, 0.4) is 0 Å². The van der Waals surface area contributed by atoms with Crippen LogP contribution in [0.4, 0.5) is 5.82 Å². The second-order valence-corrected chi connectivity index (χ2v) is 5.19. The number of anilines is 1. The fourth-order valence-corrected chi connectivity index (χ4v) is 1.76. The average Bonchev–Trinajstić information content (AvgIpc) is 3.09. The zero-order chi connectivity index (χ0) is 14.0. The average molecular weight is 283 g/mol. The maximum absolute atomic E-state index is 11.8. The molecule has 19 heavy (non-hydrogen) atoms. The number of ether oxygens (including phenoxy) is 1. The Kier molecular flexibility index (Phi) is 4.04. The lowest BCUT2D eigenvalue weighted by atomic mass is 10.3. The molecule has 3 atom stereocenters. The first-order chi connectivity index (χ1) is 8.97. The maximum Gasteiger partial charge on any atom is 0.309 e. The van der Waals surface area contributed by atoms with Gasteiger partial charge in [-0.1, -0.05) is 18.5 Å².